The van der Waals surface area contributed by atoms with Gasteiger partial charge < -0.3 is 9.80 Å². The molecule has 0 heterocycles. The predicted octanol–water partition coefficient (Wildman–Crippen LogP) is 18.6. The van der Waals surface area contributed by atoms with Crippen LogP contribution >= 0.6 is 0 Å². The van der Waals surface area contributed by atoms with Gasteiger partial charge in [0.15, 0.2) is 0 Å². The molecule has 0 aromatic heterocycles. The fourth-order valence-corrected chi connectivity index (χ4v) is 13.8. The zero-order valence-corrected chi connectivity index (χ0v) is 41.0. The summed E-state index contributed by atoms with van der Waals surface area (Å²) in [7, 11) is 0. The van der Waals surface area contributed by atoms with E-state index < -0.39 is 0 Å². The number of hydrogen-bond donors (Lipinski definition) is 0. The molecule has 5 atom stereocenters. The van der Waals surface area contributed by atoms with Crippen molar-refractivity contribution in [3.8, 4) is 22.3 Å². The fourth-order valence-electron chi connectivity index (χ4n) is 13.8. The van der Waals surface area contributed by atoms with Crippen LogP contribution in [0.2, 0.25) is 0 Å². The zero-order valence-electron chi connectivity index (χ0n) is 41.0. The van der Waals surface area contributed by atoms with Gasteiger partial charge in [0.25, 0.3) is 0 Å². The van der Waals surface area contributed by atoms with Crippen molar-refractivity contribution < 1.29 is 0 Å². The molecule has 0 spiro atoms. The number of anilines is 6. The second kappa shape index (κ2) is 17.7. The average molecular weight is 899 g/mol. The smallest absolute Gasteiger partial charge is 0.0465 e. The number of rotatable bonds is 11. The lowest BCUT2D eigenvalue weighted by atomic mass is 9.60. The van der Waals surface area contributed by atoms with Crippen molar-refractivity contribution in [2.24, 2.45) is 23.7 Å². The third kappa shape index (κ3) is 7.72. The number of nitrogens with zero attached hydrogens (tertiary/aromatic N) is 2. The van der Waals surface area contributed by atoms with Gasteiger partial charge in [0, 0.05) is 45.0 Å². The van der Waals surface area contributed by atoms with E-state index in [0.717, 1.165) is 36.1 Å². The highest BCUT2D eigenvalue weighted by Crippen LogP contribution is 2.56. The van der Waals surface area contributed by atoms with Gasteiger partial charge in [-0.2, -0.15) is 0 Å². The molecule has 5 unspecified atom stereocenters. The summed E-state index contributed by atoms with van der Waals surface area (Å²) in [4.78, 5) is 4.91. The van der Waals surface area contributed by atoms with Crippen LogP contribution in [0.1, 0.15) is 113 Å². The molecule has 8 aromatic rings. The summed E-state index contributed by atoms with van der Waals surface area (Å²) >= 11 is 0. The normalized spacial score (nSPS) is 22.0. The zero-order chi connectivity index (χ0) is 46.7. The first-order valence-corrected chi connectivity index (χ1v) is 26.1. The SMILES string of the molecule is CC(C)C1CCCC(c2ccc(N(c3ccccc3)c3ccccc3)cc2)(c2ccc(N(c3ccc(C4CC5CCC4C5)cc3)c3ccc4c(c3)C(C)(C)c3cccc(-c5ccccc5)c3-4)cc2)C1. The minimum absolute atomic E-state index is 0.0818. The van der Waals surface area contributed by atoms with E-state index >= 15 is 0 Å². The Hall–Kier alpha value is -6.64. The van der Waals surface area contributed by atoms with Crippen molar-refractivity contribution in [3.63, 3.8) is 0 Å². The standard InChI is InChI=1S/C67H66N2/c1-46(2)51-18-15-41-67(45-51,52-29-35-57(36-30-52)68(54-19-10-6-11-20-54)55-21-12-7-13-22-55)53-31-37-58(38-32-53)69(56-33-27-49(28-34-56)62-43-47-25-26-50(62)42-47)59-39-40-61-64(44-59)66(3,4)63-24-14-23-60(65(61)63)48-16-8-5-9-17-48/h5-14,16-17,19-24,27-40,44,46-47,50-51,62H,15,18,25-26,41-43,45H2,1-4H3. The molecule has 8 aromatic carbocycles. The van der Waals surface area contributed by atoms with Crippen molar-refractivity contribution in [1.82, 2.24) is 0 Å². The largest absolute Gasteiger partial charge is 0.311 e. The molecule has 2 bridgehead atoms. The Bertz CT molecular complexity index is 3020. The molecule has 4 aliphatic carbocycles. The molecular formula is C67H66N2. The molecule has 344 valence electrons. The van der Waals surface area contributed by atoms with Crippen molar-refractivity contribution in [1.29, 1.82) is 0 Å². The summed E-state index contributed by atoms with van der Waals surface area (Å²) in [5.74, 6) is 3.78. The van der Waals surface area contributed by atoms with E-state index in [4.69, 9.17) is 0 Å². The van der Waals surface area contributed by atoms with Crippen LogP contribution in [0.4, 0.5) is 34.1 Å². The van der Waals surface area contributed by atoms with Gasteiger partial charge in [-0.05, 0) is 185 Å². The van der Waals surface area contributed by atoms with Gasteiger partial charge in [-0.15, -0.1) is 0 Å². The van der Waals surface area contributed by atoms with Gasteiger partial charge in [-0.1, -0.05) is 174 Å². The van der Waals surface area contributed by atoms with Gasteiger partial charge in [0.05, 0.1) is 0 Å². The van der Waals surface area contributed by atoms with E-state index in [2.05, 4.69) is 238 Å². The van der Waals surface area contributed by atoms with E-state index in [-0.39, 0.29) is 10.8 Å². The van der Waals surface area contributed by atoms with Gasteiger partial charge in [-0.3, -0.25) is 0 Å². The Labute approximate surface area is 411 Å². The molecule has 0 radical (unpaired) electrons. The highest BCUT2D eigenvalue weighted by Gasteiger charge is 2.42. The fraction of sp³-hybridized carbons (Fsp3) is 0.284. The molecule has 12 rings (SSSR count). The van der Waals surface area contributed by atoms with Gasteiger partial charge in [-0.25, -0.2) is 0 Å². The van der Waals surface area contributed by atoms with Crippen LogP contribution in [-0.4, -0.2) is 0 Å². The van der Waals surface area contributed by atoms with Crippen molar-refractivity contribution in [3.05, 3.63) is 228 Å². The first-order chi connectivity index (χ1) is 33.7. The maximum Gasteiger partial charge on any atom is 0.0465 e. The molecule has 3 fully saturated rings. The molecule has 0 saturated heterocycles. The highest BCUT2D eigenvalue weighted by atomic mass is 15.1. The number of hydrogen-bond acceptors (Lipinski definition) is 2. The van der Waals surface area contributed by atoms with Gasteiger partial charge in [0.2, 0.25) is 0 Å². The predicted molar refractivity (Wildman–Crippen MR) is 291 cm³/mol. The number of para-hydroxylation sites is 2. The molecule has 0 aliphatic heterocycles. The van der Waals surface area contributed by atoms with Crippen molar-refractivity contribution in [2.75, 3.05) is 9.80 Å². The van der Waals surface area contributed by atoms with Crippen molar-refractivity contribution >= 4 is 34.1 Å². The Balaban J connectivity index is 0.944. The topological polar surface area (TPSA) is 6.48 Å². The van der Waals surface area contributed by atoms with E-state index in [1.54, 1.807) is 0 Å². The van der Waals surface area contributed by atoms with Crippen molar-refractivity contribution in [2.45, 2.75) is 95.8 Å². The van der Waals surface area contributed by atoms with E-state index in [1.165, 1.54) is 111 Å². The summed E-state index contributed by atoms with van der Waals surface area (Å²) < 4.78 is 0. The highest BCUT2D eigenvalue weighted by molar-refractivity contribution is 5.94. The molecule has 4 aliphatic rings. The Kier molecular flexibility index (Phi) is 11.2. The summed E-state index contributed by atoms with van der Waals surface area (Å²) in [6, 6.07) is 75.9. The lowest BCUT2D eigenvalue weighted by molar-refractivity contribution is 0.207. The van der Waals surface area contributed by atoms with Gasteiger partial charge >= 0.3 is 0 Å². The Morgan fingerprint density at radius 3 is 1.59 bits per heavy atom. The van der Waals surface area contributed by atoms with E-state index in [1.807, 2.05) is 0 Å². The molecule has 69 heavy (non-hydrogen) atoms. The summed E-state index contributed by atoms with van der Waals surface area (Å²) in [6.07, 6.45) is 10.4. The van der Waals surface area contributed by atoms with Crippen LogP contribution < -0.4 is 9.80 Å². The maximum absolute atomic E-state index is 2.53. The lowest BCUT2D eigenvalue weighted by Gasteiger charge is -2.44. The van der Waals surface area contributed by atoms with E-state index in [9.17, 15) is 0 Å². The molecular weight excluding hydrogens is 833 g/mol. The quantitative estimate of drug-likeness (QED) is 0.128. The minimum atomic E-state index is -0.151. The van der Waals surface area contributed by atoms with Gasteiger partial charge in [0.1, 0.15) is 0 Å². The van der Waals surface area contributed by atoms with Crippen LogP contribution in [0, 0.1) is 23.7 Å². The average Bonchev–Trinajstić information content (AvgIpc) is 4.11. The Morgan fingerprint density at radius 1 is 0.478 bits per heavy atom. The maximum atomic E-state index is 2.53. The third-order valence-electron chi connectivity index (χ3n) is 17.5. The molecule has 0 amide bonds. The molecule has 3 saturated carbocycles. The first kappa shape index (κ1) is 43.6. The first-order valence-electron chi connectivity index (χ1n) is 26.1. The number of fused-ring (bicyclic) bond motifs is 5. The second-order valence-corrected chi connectivity index (χ2v) is 21.9. The second-order valence-electron chi connectivity index (χ2n) is 21.9. The van der Waals surface area contributed by atoms with Crippen LogP contribution in [0.25, 0.3) is 22.3 Å². The lowest BCUT2D eigenvalue weighted by Crippen LogP contribution is -2.36. The van der Waals surface area contributed by atoms with Crippen LogP contribution in [-0.2, 0) is 10.8 Å². The van der Waals surface area contributed by atoms with Crippen LogP contribution in [0.15, 0.2) is 200 Å². The summed E-state index contributed by atoms with van der Waals surface area (Å²) in [5.41, 5.74) is 19.4. The van der Waals surface area contributed by atoms with E-state index in [0.29, 0.717) is 17.8 Å². The molecule has 2 heteroatoms. The monoisotopic (exact) mass is 899 g/mol. The number of benzene rings is 8. The minimum Gasteiger partial charge on any atom is -0.311 e. The summed E-state index contributed by atoms with van der Waals surface area (Å²) in [6.45, 7) is 9.70. The summed E-state index contributed by atoms with van der Waals surface area (Å²) in [5, 5.41) is 0. The Morgan fingerprint density at radius 2 is 1.03 bits per heavy atom. The molecule has 2 nitrogen and oxygen atoms in total. The van der Waals surface area contributed by atoms with Crippen LogP contribution in [0.3, 0.4) is 0 Å². The molecule has 0 N–H and O–H groups in total. The third-order valence-corrected chi connectivity index (χ3v) is 17.5. The van der Waals surface area contributed by atoms with Crippen LogP contribution in [0.5, 0.6) is 0 Å².